The molecule has 7 heteroatoms. The predicted octanol–water partition coefficient (Wildman–Crippen LogP) is 1.80. The number of carbonyl (C=O) groups is 1. The molecule has 1 aromatic carbocycles. The van der Waals surface area contributed by atoms with E-state index in [1.807, 2.05) is 0 Å². The van der Waals surface area contributed by atoms with E-state index in [1.54, 1.807) is 20.2 Å². The number of carbonyl (C=O) groups excluding carboxylic acids is 1. The van der Waals surface area contributed by atoms with Crippen molar-refractivity contribution in [1.82, 2.24) is 9.80 Å². The summed E-state index contributed by atoms with van der Waals surface area (Å²) in [5, 5.41) is 0. The summed E-state index contributed by atoms with van der Waals surface area (Å²) < 4.78 is 38.0. The summed E-state index contributed by atoms with van der Waals surface area (Å²) in [6.07, 6.45) is 1.55. The van der Waals surface area contributed by atoms with E-state index in [9.17, 15) is 13.6 Å². The number of likely N-dealkylation sites (N-methyl/N-ethyl adjacent to an activating group) is 1. The Kier molecular flexibility index (Phi) is 5.36. The highest BCUT2D eigenvalue weighted by Gasteiger charge is 2.47. The summed E-state index contributed by atoms with van der Waals surface area (Å²) in [5.74, 6) is -1.69. The van der Waals surface area contributed by atoms with Crippen LogP contribution in [0, 0.1) is 11.6 Å². The van der Waals surface area contributed by atoms with Gasteiger partial charge in [-0.2, -0.15) is 0 Å². The first-order chi connectivity index (χ1) is 11.9. The average molecular weight is 354 g/mol. The van der Waals surface area contributed by atoms with Gasteiger partial charge in [0.25, 0.3) is 0 Å². The molecule has 0 bridgehead atoms. The van der Waals surface area contributed by atoms with Crippen LogP contribution < -0.4 is 0 Å². The lowest BCUT2D eigenvalue weighted by Gasteiger charge is -2.53. The zero-order valence-corrected chi connectivity index (χ0v) is 14.6. The van der Waals surface area contributed by atoms with Crippen LogP contribution in [-0.2, 0) is 20.8 Å². The standard InChI is InChI=1S/C18H24F2N2O3/c1-21(2)17(23)10-24-14-5-6-25-18(8-14)11-22(12-18)9-13-3-4-15(19)16(20)7-13/h3-4,7,14H,5-6,8-12H2,1-2H3/t14-/m0/s1. The molecule has 1 amide bonds. The lowest BCUT2D eigenvalue weighted by atomic mass is 9.84. The fourth-order valence-electron chi connectivity index (χ4n) is 3.44. The van der Waals surface area contributed by atoms with Crippen molar-refractivity contribution in [2.75, 3.05) is 40.4 Å². The van der Waals surface area contributed by atoms with Gasteiger partial charge < -0.3 is 14.4 Å². The Bertz CT molecular complexity index is 633. The molecule has 0 unspecified atom stereocenters. The van der Waals surface area contributed by atoms with Crippen molar-refractivity contribution in [2.45, 2.75) is 31.1 Å². The van der Waals surface area contributed by atoms with Crippen molar-refractivity contribution in [3.63, 3.8) is 0 Å². The topological polar surface area (TPSA) is 42.0 Å². The third-order valence-corrected chi connectivity index (χ3v) is 4.80. The zero-order chi connectivity index (χ0) is 18.0. The SMILES string of the molecule is CN(C)C(=O)CO[C@H]1CCOC2(C1)CN(Cc1ccc(F)c(F)c1)C2. The first kappa shape index (κ1) is 18.2. The molecule has 1 atom stereocenters. The molecule has 1 aromatic rings. The van der Waals surface area contributed by atoms with Gasteiger partial charge in [0, 0.05) is 46.8 Å². The zero-order valence-electron chi connectivity index (χ0n) is 14.6. The Hall–Kier alpha value is -1.57. The van der Waals surface area contributed by atoms with Crippen LogP contribution in [0.1, 0.15) is 18.4 Å². The van der Waals surface area contributed by atoms with Crippen molar-refractivity contribution in [3.05, 3.63) is 35.4 Å². The Labute approximate surface area is 146 Å². The van der Waals surface area contributed by atoms with E-state index in [0.29, 0.717) is 13.2 Å². The maximum absolute atomic E-state index is 13.3. The molecule has 2 saturated heterocycles. The van der Waals surface area contributed by atoms with Gasteiger partial charge in [0.1, 0.15) is 6.61 Å². The van der Waals surface area contributed by atoms with E-state index in [1.165, 1.54) is 11.0 Å². The van der Waals surface area contributed by atoms with Gasteiger partial charge >= 0.3 is 0 Å². The van der Waals surface area contributed by atoms with Crippen LogP contribution in [0.4, 0.5) is 8.78 Å². The molecule has 138 valence electrons. The summed E-state index contributed by atoms with van der Waals surface area (Å²) in [5.41, 5.74) is 0.497. The highest BCUT2D eigenvalue weighted by atomic mass is 19.2. The van der Waals surface area contributed by atoms with Gasteiger partial charge in [0.05, 0.1) is 11.7 Å². The van der Waals surface area contributed by atoms with Gasteiger partial charge in [-0.3, -0.25) is 9.69 Å². The van der Waals surface area contributed by atoms with Gasteiger partial charge in [-0.15, -0.1) is 0 Å². The Morgan fingerprint density at radius 2 is 2.12 bits per heavy atom. The van der Waals surface area contributed by atoms with Crippen LogP contribution in [0.2, 0.25) is 0 Å². The summed E-state index contributed by atoms with van der Waals surface area (Å²) in [4.78, 5) is 15.3. The molecule has 0 N–H and O–H groups in total. The molecular formula is C18H24F2N2O3. The van der Waals surface area contributed by atoms with Crippen LogP contribution in [0.15, 0.2) is 18.2 Å². The van der Waals surface area contributed by atoms with Crippen LogP contribution in [0.5, 0.6) is 0 Å². The largest absolute Gasteiger partial charge is 0.372 e. The number of rotatable bonds is 5. The van der Waals surface area contributed by atoms with E-state index in [0.717, 1.165) is 37.6 Å². The molecule has 0 radical (unpaired) electrons. The third-order valence-electron chi connectivity index (χ3n) is 4.80. The third kappa shape index (κ3) is 4.34. The van der Waals surface area contributed by atoms with Crippen molar-refractivity contribution < 1.29 is 23.0 Å². The Balaban J connectivity index is 1.48. The van der Waals surface area contributed by atoms with Crippen LogP contribution >= 0.6 is 0 Å². The summed E-state index contributed by atoms with van der Waals surface area (Å²) in [7, 11) is 3.42. The number of benzene rings is 1. The van der Waals surface area contributed by atoms with Crippen molar-refractivity contribution in [3.8, 4) is 0 Å². The van der Waals surface area contributed by atoms with Gasteiger partial charge in [-0.05, 0) is 24.1 Å². The van der Waals surface area contributed by atoms with Gasteiger partial charge in [0.15, 0.2) is 11.6 Å². The van der Waals surface area contributed by atoms with Crippen LogP contribution in [0.3, 0.4) is 0 Å². The first-order valence-electron chi connectivity index (χ1n) is 8.49. The fourth-order valence-corrected chi connectivity index (χ4v) is 3.44. The Morgan fingerprint density at radius 1 is 1.36 bits per heavy atom. The van der Waals surface area contributed by atoms with Gasteiger partial charge in [0.2, 0.25) is 5.91 Å². The first-order valence-corrected chi connectivity index (χ1v) is 8.49. The Morgan fingerprint density at radius 3 is 2.80 bits per heavy atom. The van der Waals surface area contributed by atoms with Crippen molar-refractivity contribution in [1.29, 1.82) is 0 Å². The second-order valence-electron chi connectivity index (χ2n) is 7.14. The van der Waals surface area contributed by atoms with Crippen LogP contribution in [0.25, 0.3) is 0 Å². The van der Waals surface area contributed by atoms with E-state index in [4.69, 9.17) is 9.47 Å². The maximum atomic E-state index is 13.3. The van der Waals surface area contributed by atoms with Gasteiger partial charge in [-0.25, -0.2) is 8.78 Å². The second kappa shape index (κ2) is 7.35. The number of ether oxygens (including phenoxy) is 2. The molecule has 2 aliphatic rings. The minimum absolute atomic E-state index is 0.0167. The predicted molar refractivity (Wildman–Crippen MR) is 88.0 cm³/mol. The molecule has 5 nitrogen and oxygen atoms in total. The fraction of sp³-hybridized carbons (Fsp3) is 0.611. The molecule has 1 spiro atoms. The van der Waals surface area contributed by atoms with E-state index in [2.05, 4.69) is 4.90 Å². The molecule has 3 rings (SSSR count). The molecule has 2 fully saturated rings. The summed E-state index contributed by atoms with van der Waals surface area (Å²) in [6, 6.07) is 3.99. The molecule has 0 aromatic heterocycles. The molecule has 25 heavy (non-hydrogen) atoms. The maximum Gasteiger partial charge on any atom is 0.248 e. The number of halogens is 2. The molecule has 0 saturated carbocycles. The summed E-state index contributed by atoms with van der Waals surface area (Å²) in [6.45, 7) is 2.72. The smallest absolute Gasteiger partial charge is 0.248 e. The molecular weight excluding hydrogens is 330 g/mol. The van der Waals surface area contributed by atoms with E-state index < -0.39 is 11.6 Å². The summed E-state index contributed by atoms with van der Waals surface area (Å²) >= 11 is 0. The highest BCUT2D eigenvalue weighted by molar-refractivity contribution is 5.76. The van der Waals surface area contributed by atoms with E-state index in [-0.39, 0.29) is 24.2 Å². The second-order valence-corrected chi connectivity index (χ2v) is 7.14. The highest BCUT2D eigenvalue weighted by Crippen LogP contribution is 2.36. The minimum Gasteiger partial charge on any atom is -0.372 e. The van der Waals surface area contributed by atoms with Crippen molar-refractivity contribution in [2.24, 2.45) is 0 Å². The number of hydrogen-bond acceptors (Lipinski definition) is 4. The number of hydrogen-bond donors (Lipinski definition) is 0. The lowest BCUT2D eigenvalue weighted by molar-refractivity contribution is -0.200. The lowest BCUT2D eigenvalue weighted by Crippen LogP contribution is -2.65. The number of likely N-dealkylation sites (tertiary alicyclic amines) is 1. The number of nitrogens with zero attached hydrogens (tertiary/aromatic N) is 2. The normalized spacial score (nSPS) is 22.6. The van der Waals surface area contributed by atoms with Crippen LogP contribution in [-0.4, -0.2) is 67.8 Å². The number of amides is 1. The van der Waals surface area contributed by atoms with Crippen molar-refractivity contribution >= 4 is 5.91 Å². The molecule has 2 heterocycles. The monoisotopic (exact) mass is 354 g/mol. The quantitative estimate of drug-likeness (QED) is 0.809. The van der Waals surface area contributed by atoms with E-state index >= 15 is 0 Å². The minimum atomic E-state index is -0.827. The molecule has 0 aliphatic carbocycles. The average Bonchev–Trinajstić information content (AvgIpc) is 2.55. The van der Waals surface area contributed by atoms with Gasteiger partial charge in [-0.1, -0.05) is 6.07 Å². The molecule has 2 aliphatic heterocycles.